The average Bonchev–Trinajstić information content (AvgIpc) is 3.30. The fraction of sp³-hybridized carbons (Fsp3) is 0.886. The van der Waals surface area contributed by atoms with E-state index < -0.39 is 5.97 Å². The molecule has 0 bridgehead atoms. The van der Waals surface area contributed by atoms with Gasteiger partial charge in [0, 0.05) is 19.5 Å². The van der Waals surface area contributed by atoms with E-state index in [0.717, 1.165) is 81.1 Å². The minimum absolute atomic E-state index is 0.0236. The van der Waals surface area contributed by atoms with Gasteiger partial charge in [-0.15, -0.1) is 0 Å². The number of carboxylic acids is 1. The van der Waals surface area contributed by atoms with Crippen LogP contribution < -0.4 is 5.32 Å². The van der Waals surface area contributed by atoms with E-state index in [0.29, 0.717) is 5.41 Å². The number of fused-ring (bicyclic) bond motifs is 5. The molecule has 6 heteroatoms. The molecule has 4 aliphatic carbocycles. The molecule has 0 amide bonds. The fourth-order valence-electron chi connectivity index (χ4n) is 9.72. The summed E-state index contributed by atoms with van der Waals surface area (Å²) in [5.41, 5.74) is 2.27. The van der Waals surface area contributed by atoms with Crippen molar-refractivity contribution in [1.29, 1.82) is 0 Å². The van der Waals surface area contributed by atoms with Crippen LogP contribution in [0.4, 0.5) is 0 Å². The standard InChI is InChI=1S/C31H50O4.C4H9NO/c1-20(2)7-6-8-21(3)25-11-12-26-24-10-9-22-19-23(35-29(34)14-13-28(32)33)15-17-30(22,4)27(24)16-18-31(25,26)5;1-3-6-4-2-5-1/h9,20-21,23-27H,6-8,10-19H2,1-5H3,(H,32,33);5H,1-4H2/t21-,23+,24+,25-,26+,27+,30+,31-;/m1./s1. The molecule has 1 saturated heterocycles. The number of ether oxygens (including phenoxy) is 2. The largest absolute Gasteiger partial charge is 0.481 e. The highest BCUT2D eigenvalue weighted by Crippen LogP contribution is 2.67. The van der Waals surface area contributed by atoms with Crippen molar-refractivity contribution in [2.45, 2.75) is 124 Å². The van der Waals surface area contributed by atoms with E-state index in [-0.39, 0.29) is 30.3 Å². The molecule has 1 aliphatic heterocycles. The average molecular weight is 574 g/mol. The van der Waals surface area contributed by atoms with Crippen molar-refractivity contribution in [1.82, 2.24) is 5.32 Å². The van der Waals surface area contributed by atoms with Gasteiger partial charge in [0.2, 0.25) is 0 Å². The number of hydrogen-bond donors (Lipinski definition) is 2. The molecule has 0 spiro atoms. The van der Waals surface area contributed by atoms with Gasteiger partial charge >= 0.3 is 11.9 Å². The maximum Gasteiger partial charge on any atom is 0.306 e. The monoisotopic (exact) mass is 573 g/mol. The molecule has 6 nitrogen and oxygen atoms in total. The van der Waals surface area contributed by atoms with Crippen molar-refractivity contribution in [3.8, 4) is 0 Å². The number of allylic oxidation sites excluding steroid dienone is 1. The van der Waals surface area contributed by atoms with Crippen LogP contribution in [0.3, 0.4) is 0 Å². The van der Waals surface area contributed by atoms with Gasteiger partial charge in [-0.2, -0.15) is 0 Å². The zero-order chi connectivity index (χ0) is 29.6. The summed E-state index contributed by atoms with van der Waals surface area (Å²) < 4.78 is 10.7. The molecule has 2 N–H and O–H groups in total. The zero-order valence-corrected chi connectivity index (χ0v) is 26.7. The maximum absolute atomic E-state index is 12.1. The van der Waals surface area contributed by atoms with Crippen LogP contribution in [0.25, 0.3) is 0 Å². The first-order chi connectivity index (χ1) is 19.5. The third-order valence-electron chi connectivity index (χ3n) is 11.9. The summed E-state index contributed by atoms with van der Waals surface area (Å²) in [7, 11) is 0. The second kappa shape index (κ2) is 14.4. The molecule has 5 aliphatic rings. The number of nitrogens with one attached hydrogen (secondary N) is 1. The first-order valence-corrected chi connectivity index (χ1v) is 16.9. The second-order valence-electron chi connectivity index (χ2n) is 14.9. The van der Waals surface area contributed by atoms with Crippen LogP contribution in [0.1, 0.15) is 118 Å². The molecule has 4 fully saturated rings. The SMILES string of the molecule is C1COCCN1.CC(C)CCC[C@@H](C)[C@H]1CC[C@H]2[C@@H]3CC=C4C[C@@H](OC(=O)CCC(=O)O)CC[C@]4(C)[C@H]3CC[C@]12C. The number of carboxylic acid groups (broad SMARTS) is 1. The van der Waals surface area contributed by atoms with Crippen LogP contribution in [0.5, 0.6) is 0 Å². The second-order valence-corrected chi connectivity index (χ2v) is 14.9. The van der Waals surface area contributed by atoms with Crippen LogP contribution in [0.15, 0.2) is 11.6 Å². The van der Waals surface area contributed by atoms with Gasteiger partial charge in [-0.1, -0.05) is 65.5 Å². The van der Waals surface area contributed by atoms with E-state index in [9.17, 15) is 9.59 Å². The highest BCUT2D eigenvalue weighted by atomic mass is 16.5. The predicted molar refractivity (Wildman–Crippen MR) is 163 cm³/mol. The van der Waals surface area contributed by atoms with Gasteiger partial charge < -0.3 is 19.9 Å². The van der Waals surface area contributed by atoms with Crippen molar-refractivity contribution >= 4 is 11.9 Å². The molecule has 0 aromatic heterocycles. The van der Waals surface area contributed by atoms with E-state index in [1.54, 1.807) is 0 Å². The highest BCUT2D eigenvalue weighted by Gasteiger charge is 2.59. The van der Waals surface area contributed by atoms with Gasteiger partial charge in [0.1, 0.15) is 6.10 Å². The minimum Gasteiger partial charge on any atom is -0.481 e. The molecule has 234 valence electrons. The van der Waals surface area contributed by atoms with Gasteiger partial charge in [-0.05, 0) is 91.3 Å². The summed E-state index contributed by atoms with van der Waals surface area (Å²) in [6, 6.07) is 0. The zero-order valence-electron chi connectivity index (χ0n) is 26.7. The number of esters is 1. The molecule has 0 aromatic rings. The lowest BCUT2D eigenvalue weighted by Gasteiger charge is -2.58. The van der Waals surface area contributed by atoms with Gasteiger partial charge in [0.25, 0.3) is 0 Å². The Bertz CT molecular complexity index is 901. The molecular weight excluding hydrogens is 514 g/mol. The van der Waals surface area contributed by atoms with E-state index in [4.69, 9.17) is 14.6 Å². The number of rotatable bonds is 9. The predicted octanol–water partition coefficient (Wildman–Crippen LogP) is 7.41. The van der Waals surface area contributed by atoms with Crippen LogP contribution in [0, 0.1) is 46.3 Å². The molecule has 8 atom stereocenters. The molecule has 0 aromatic carbocycles. The fourth-order valence-corrected chi connectivity index (χ4v) is 9.72. The Hall–Kier alpha value is -1.40. The van der Waals surface area contributed by atoms with E-state index >= 15 is 0 Å². The summed E-state index contributed by atoms with van der Waals surface area (Å²) in [4.78, 5) is 22.9. The molecule has 41 heavy (non-hydrogen) atoms. The van der Waals surface area contributed by atoms with Crippen LogP contribution in [-0.4, -0.2) is 49.5 Å². The Morgan fingerprint density at radius 2 is 1.78 bits per heavy atom. The van der Waals surface area contributed by atoms with E-state index in [1.807, 2.05) is 0 Å². The van der Waals surface area contributed by atoms with E-state index in [2.05, 4.69) is 46.0 Å². The van der Waals surface area contributed by atoms with Gasteiger partial charge in [0.15, 0.2) is 0 Å². The summed E-state index contributed by atoms with van der Waals surface area (Å²) in [6.07, 6.45) is 16.0. The lowest BCUT2D eigenvalue weighted by Crippen LogP contribution is -2.51. The number of morpholine rings is 1. The summed E-state index contributed by atoms with van der Waals surface area (Å²) in [6.45, 7) is 16.2. The third kappa shape index (κ3) is 7.77. The van der Waals surface area contributed by atoms with Gasteiger partial charge in [0.05, 0.1) is 26.1 Å². The normalized spacial score (nSPS) is 37.0. The Balaban J connectivity index is 0.000000572. The Morgan fingerprint density at radius 1 is 1.02 bits per heavy atom. The minimum atomic E-state index is -0.942. The van der Waals surface area contributed by atoms with Crippen molar-refractivity contribution in [3.63, 3.8) is 0 Å². The number of carbonyl (C=O) groups is 2. The molecule has 0 radical (unpaired) electrons. The summed E-state index contributed by atoms with van der Waals surface area (Å²) in [5, 5.41) is 12.0. The Morgan fingerprint density at radius 3 is 2.41 bits per heavy atom. The smallest absolute Gasteiger partial charge is 0.306 e. The molecule has 3 saturated carbocycles. The molecule has 0 unspecified atom stereocenters. The number of carbonyl (C=O) groups excluding carboxylic acids is 1. The van der Waals surface area contributed by atoms with E-state index in [1.165, 1.54) is 56.9 Å². The lowest BCUT2D eigenvalue weighted by atomic mass is 9.47. The summed E-state index contributed by atoms with van der Waals surface area (Å²) in [5.74, 6) is 3.68. The Kier molecular flexibility index (Phi) is 11.4. The lowest BCUT2D eigenvalue weighted by molar-refractivity contribution is -0.154. The first-order valence-electron chi connectivity index (χ1n) is 16.9. The molecule has 1 heterocycles. The first kappa shape index (κ1) is 32.5. The maximum atomic E-state index is 12.1. The quantitative estimate of drug-likeness (QED) is 0.221. The molecule has 5 rings (SSSR count). The summed E-state index contributed by atoms with van der Waals surface area (Å²) >= 11 is 0. The Labute approximate surface area is 249 Å². The van der Waals surface area contributed by atoms with Crippen molar-refractivity contribution in [3.05, 3.63) is 11.6 Å². The number of aliphatic carboxylic acids is 1. The van der Waals surface area contributed by atoms with Crippen LogP contribution in [0.2, 0.25) is 0 Å². The molecular formula is C35H59NO5. The highest BCUT2D eigenvalue weighted by molar-refractivity contribution is 5.76. The van der Waals surface area contributed by atoms with Crippen LogP contribution in [-0.2, 0) is 19.1 Å². The van der Waals surface area contributed by atoms with Crippen molar-refractivity contribution in [2.75, 3.05) is 26.3 Å². The van der Waals surface area contributed by atoms with Gasteiger partial charge in [-0.3, -0.25) is 9.59 Å². The van der Waals surface area contributed by atoms with Crippen molar-refractivity contribution < 1.29 is 24.2 Å². The number of hydrogen-bond acceptors (Lipinski definition) is 5. The van der Waals surface area contributed by atoms with Gasteiger partial charge in [-0.25, -0.2) is 0 Å². The topological polar surface area (TPSA) is 84.9 Å². The van der Waals surface area contributed by atoms with Crippen LogP contribution >= 0.6 is 0 Å². The van der Waals surface area contributed by atoms with Crippen molar-refractivity contribution in [2.24, 2.45) is 46.3 Å². The third-order valence-corrected chi connectivity index (χ3v) is 11.9.